The van der Waals surface area contributed by atoms with Crippen LogP contribution in [0.4, 0.5) is 8.78 Å². The largest absolute Gasteiger partial charge is 0.395 e. The van der Waals surface area contributed by atoms with Gasteiger partial charge in [0.1, 0.15) is 0 Å². The molecule has 0 radical (unpaired) electrons. The first-order valence-electron chi connectivity index (χ1n) is 5.44. The van der Waals surface area contributed by atoms with Gasteiger partial charge in [0.25, 0.3) is 0 Å². The lowest BCUT2D eigenvalue weighted by atomic mass is 10.0. The Morgan fingerprint density at radius 2 is 1.94 bits per heavy atom. The fourth-order valence-corrected chi connectivity index (χ4v) is 2.61. The normalized spacial score (nSPS) is 15.0. The summed E-state index contributed by atoms with van der Waals surface area (Å²) in [6, 6.07) is 3.49. The number of nitrogens with two attached hydrogens (primary N) is 1. The molecule has 0 amide bonds. The quantitative estimate of drug-likeness (QED) is 0.800. The lowest BCUT2D eigenvalue weighted by Gasteiger charge is -2.24. The molecule has 1 rings (SSSR count). The van der Waals surface area contributed by atoms with Crippen LogP contribution in [0.1, 0.15) is 13.8 Å². The van der Waals surface area contributed by atoms with E-state index in [0.717, 1.165) is 12.1 Å². The third-order valence-corrected chi connectivity index (χ3v) is 3.85. The lowest BCUT2D eigenvalue weighted by molar-refractivity contribution is 0.269. The van der Waals surface area contributed by atoms with Crippen LogP contribution in [-0.2, 0) is 0 Å². The molecule has 0 saturated carbocycles. The molecular formula is C12H17F2NOS. The van der Waals surface area contributed by atoms with Gasteiger partial charge in [0.15, 0.2) is 11.6 Å². The molecule has 5 heteroatoms. The van der Waals surface area contributed by atoms with Crippen molar-refractivity contribution >= 4 is 11.8 Å². The van der Waals surface area contributed by atoms with E-state index in [0.29, 0.717) is 4.90 Å². The summed E-state index contributed by atoms with van der Waals surface area (Å²) in [7, 11) is 0. The van der Waals surface area contributed by atoms with Gasteiger partial charge in [0, 0.05) is 16.2 Å². The zero-order valence-electron chi connectivity index (χ0n) is 9.86. The Balaban J connectivity index is 2.77. The topological polar surface area (TPSA) is 46.2 Å². The number of thioether (sulfide) groups is 1. The SMILES string of the molecule is CC(C)C(N)C(CO)Sc1ccc(F)c(F)c1. The van der Waals surface area contributed by atoms with E-state index in [4.69, 9.17) is 5.73 Å². The molecule has 0 aromatic heterocycles. The summed E-state index contributed by atoms with van der Waals surface area (Å²) in [4.78, 5) is 0.569. The molecule has 1 aromatic rings. The molecule has 0 spiro atoms. The minimum atomic E-state index is -0.884. The van der Waals surface area contributed by atoms with Crippen LogP contribution in [0, 0.1) is 17.6 Å². The van der Waals surface area contributed by atoms with Gasteiger partial charge in [0.05, 0.1) is 6.61 Å². The summed E-state index contributed by atoms with van der Waals surface area (Å²) in [5, 5.41) is 9.04. The average molecular weight is 261 g/mol. The van der Waals surface area contributed by atoms with Crippen LogP contribution in [-0.4, -0.2) is 23.0 Å². The summed E-state index contributed by atoms with van der Waals surface area (Å²) < 4.78 is 25.8. The summed E-state index contributed by atoms with van der Waals surface area (Å²) >= 11 is 1.27. The maximum Gasteiger partial charge on any atom is 0.159 e. The van der Waals surface area contributed by atoms with Crippen molar-refractivity contribution in [2.24, 2.45) is 11.7 Å². The Morgan fingerprint density at radius 3 is 2.41 bits per heavy atom. The molecule has 0 aliphatic carbocycles. The predicted octanol–water partition coefficient (Wildman–Crippen LogP) is 2.40. The minimum Gasteiger partial charge on any atom is -0.395 e. The predicted molar refractivity (Wildman–Crippen MR) is 65.9 cm³/mol. The van der Waals surface area contributed by atoms with E-state index in [1.807, 2.05) is 13.8 Å². The van der Waals surface area contributed by atoms with E-state index in [2.05, 4.69) is 0 Å². The number of hydrogen-bond acceptors (Lipinski definition) is 3. The number of aliphatic hydroxyl groups is 1. The average Bonchev–Trinajstić information content (AvgIpc) is 2.29. The molecule has 0 heterocycles. The van der Waals surface area contributed by atoms with E-state index >= 15 is 0 Å². The Bertz CT molecular complexity index is 374. The highest BCUT2D eigenvalue weighted by atomic mass is 32.2. The number of hydrogen-bond donors (Lipinski definition) is 2. The molecule has 0 aliphatic rings. The first kappa shape index (κ1) is 14.4. The van der Waals surface area contributed by atoms with E-state index in [-0.39, 0.29) is 23.8 Å². The van der Waals surface area contributed by atoms with Gasteiger partial charge >= 0.3 is 0 Å². The Labute approximate surface area is 104 Å². The Hall–Kier alpha value is -0.650. The van der Waals surface area contributed by atoms with Gasteiger partial charge in [-0.05, 0) is 24.1 Å². The van der Waals surface area contributed by atoms with E-state index in [1.165, 1.54) is 17.8 Å². The maximum atomic E-state index is 13.0. The highest BCUT2D eigenvalue weighted by Crippen LogP contribution is 2.28. The van der Waals surface area contributed by atoms with Crippen LogP contribution in [0.25, 0.3) is 0 Å². The van der Waals surface area contributed by atoms with Crippen LogP contribution in [0.2, 0.25) is 0 Å². The third kappa shape index (κ3) is 3.94. The summed E-state index contributed by atoms with van der Waals surface area (Å²) in [5.74, 6) is -1.54. The zero-order chi connectivity index (χ0) is 13.0. The second kappa shape index (κ2) is 6.33. The van der Waals surface area contributed by atoms with Crippen molar-refractivity contribution in [3.63, 3.8) is 0 Å². The van der Waals surface area contributed by atoms with Crippen molar-refractivity contribution in [1.29, 1.82) is 0 Å². The molecule has 0 saturated heterocycles. The fraction of sp³-hybridized carbons (Fsp3) is 0.500. The molecule has 2 atom stereocenters. The first-order chi connectivity index (χ1) is 7.95. The van der Waals surface area contributed by atoms with Gasteiger partial charge in [-0.3, -0.25) is 0 Å². The molecule has 2 unspecified atom stereocenters. The smallest absolute Gasteiger partial charge is 0.159 e. The van der Waals surface area contributed by atoms with Crippen molar-refractivity contribution in [3.8, 4) is 0 Å². The van der Waals surface area contributed by atoms with Crippen molar-refractivity contribution in [2.45, 2.75) is 30.0 Å². The van der Waals surface area contributed by atoms with E-state index in [9.17, 15) is 13.9 Å². The minimum absolute atomic E-state index is 0.0942. The number of aliphatic hydroxyl groups excluding tert-OH is 1. The Morgan fingerprint density at radius 1 is 1.29 bits per heavy atom. The second-order valence-electron chi connectivity index (χ2n) is 4.24. The lowest BCUT2D eigenvalue weighted by Crippen LogP contribution is -2.39. The van der Waals surface area contributed by atoms with Crippen LogP contribution < -0.4 is 5.73 Å². The molecule has 0 aliphatic heterocycles. The van der Waals surface area contributed by atoms with Gasteiger partial charge in [-0.15, -0.1) is 11.8 Å². The highest BCUT2D eigenvalue weighted by Gasteiger charge is 2.21. The van der Waals surface area contributed by atoms with Crippen molar-refractivity contribution in [2.75, 3.05) is 6.61 Å². The highest BCUT2D eigenvalue weighted by molar-refractivity contribution is 8.00. The molecule has 1 aromatic carbocycles. The van der Waals surface area contributed by atoms with E-state index in [1.54, 1.807) is 0 Å². The monoisotopic (exact) mass is 261 g/mol. The summed E-state index contributed by atoms with van der Waals surface area (Å²) in [6.07, 6.45) is 0. The molecule has 96 valence electrons. The maximum absolute atomic E-state index is 13.0. The molecular weight excluding hydrogens is 244 g/mol. The number of benzene rings is 1. The summed E-state index contributed by atoms with van der Waals surface area (Å²) in [5.41, 5.74) is 5.94. The molecule has 0 fully saturated rings. The van der Waals surface area contributed by atoms with Gasteiger partial charge in [0.2, 0.25) is 0 Å². The van der Waals surface area contributed by atoms with Crippen LogP contribution in [0.15, 0.2) is 23.1 Å². The molecule has 17 heavy (non-hydrogen) atoms. The fourth-order valence-electron chi connectivity index (χ4n) is 1.39. The van der Waals surface area contributed by atoms with Gasteiger partial charge in [-0.1, -0.05) is 13.8 Å². The zero-order valence-corrected chi connectivity index (χ0v) is 10.7. The molecule has 2 nitrogen and oxygen atoms in total. The van der Waals surface area contributed by atoms with Crippen molar-refractivity contribution in [1.82, 2.24) is 0 Å². The van der Waals surface area contributed by atoms with Crippen LogP contribution >= 0.6 is 11.8 Å². The summed E-state index contributed by atoms with van der Waals surface area (Å²) in [6.45, 7) is 3.82. The van der Waals surface area contributed by atoms with Gasteiger partial charge in [-0.25, -0.2) is 8.78 Å². The Kier molecular flexibility index (Phi) is 5.36. The van der Waals surface area contributed by atoms with Crippen LogP contribution in [0.3, 0.4) is 0 Å². The molecule has 0 bridgehead atoms. The van der Waals surface area contributed by atoms with Crippen LogP contribution in [0.5, 0.6) is 0 Å². The van der Waals surface area contributed by atoms with Gasteiger partial charge in [-0.2, -0.15) is 0 Å². The first-order valence-corrected chi connectivity index (χ1v) is 6.31. The number of rotatable bonds is 5. The standard InChI is InChI=1S/C12H17F2NOS/c1-7(2)12(15)11(6-16)17-8-3-4-9(13)10(14)5-8/h3-5,7,11-12,16H,6,15H2,1-2H3. The number of halogens is 2. The molecule has 3 N–H and O–H groups in total. The van der Waals surface area contributed by atoms with E-state index < -0.39 is 11.6 Å². The van der Waals surface area contributed by atoms with Crippen molar-refractivity contribution in [3.05, 3.63) is 29.8 Å². The second-order valence-corrected chi connectivity index (χ2v) is 5.55. The van der Waals surface area contributed by atoms with Gasteiger partial charge < -0.3 is 10.8 Å². The van der Waals surface area contributed by atoms with Crippen molar-refractivity contribution < 1.29 is 13.9 Å². The third-order valence-electron chi connectivity index (χ3n) is 2.56.